The van der Waals surface area contributed by atoms with Crippen LogP contribution in [0, 0.1) is 5.92 Å². The molecule has 0 spiro atoms. The van der Waals surface area contributed by atoms with E-state index in [9.17, 15) is 13.2 Å². The molecule has 0 bridgehead atoms. The van der Waals surface area contributed by atoms with Crippen LogP contribution in [0.5, 0.6) is 0 Å². The molecule has 0 heterocycles. The fourth-order valence-electron chi connectivity index (χ4n) is 0.439. The predicted molar refractivity (Wildman–Crippen MR) is 66.6 cm³/mol. The fourth-order valence-corrected chi connectivity index (χ4v) is 0.439. The van der Waals surface area contributed by atoms with Crippen molar-refractivity contribution < 1.29 is 45.9 Å². The Morgan fingerprint density at radius 3 is 0.938 bits per heavy atom. The molecule has 0 aromatic rings. The van der Waals surface area contributed by atoms with Gasteiger partial charge in [0, 0.05) is 32.7 Å². The third kappa shape index (κ3) is 60.5. The molecule has 1 radical (unpaired) electrons. The number of alkyl halides is 3. The number of hydrogen-bond acceptors (Lipinski definition) is 0. The van der Waals surface area contributed by atoms with Gasteiger partial charge in [-0.2, -0.15) is 12.8 Å². The zero-order valence-electron chi connectivity index (χ0n) is 9.75. The monoisotopic (exact) mass is 320 g/mol. The van der Waals surface area contributed by atoms with Gasteiger partial charge < -0.3 is 0 Å². The molecule has 0 saturated heterocycles. The van der Waals surface area contributed by atoms with Gasteiger partial charge in [0.25, 0.3) is 0 Å². The van der Waals surface area contributed by atoms with Gasteiger partial charge >= 0.3 is 0 Å². The maximum Gasteiger partial charge on any atom is 0.0866 e. The van der Waals surface area contributed by atoms with Crippen molar-refractivity contribution in [1.82, 2.24) is 0 Å². The van der Waals surface area contributed by atoms with E-state index >= 15 is 0 Å². The second-order valence-electron chi connectivity index (χ2n) is 2.13. The SMILES string of the molecule is C.C.CCF.CCF.CC[C-](CC)CF.[Y]. The second kappa shape index (κ2) is 44.6. The van der Waals surface area contributed by atoms with Gasteiger partial charge in [-0.15, -0.1) is 0 Å². The van der Waals surface area contributed by atoms with Gasteiger partial charge in [0.1, 0.15) is 0 Å². The summed E-state index contributed by atoms with van der Waals surface area (Å²) in [6.45, 7) is 6.16. The average molecular weight is 320 g/mol. The van der Waals surface area contributed by atoms with Gasteiger partial charge in [0.2, 0.25) is 0 Å². The molecule has 0 atom stereocenters. The molecule has 103 valence electrons. The Morgan fingerprint density at radius 2 is 0.938 bits per heavy atom. The molecule has 0 aromatic carbocycles. The third-order valence-electron chi connectivity index (χ3n) is 1.19. The Hall–Kier alpha value is 0.894. The molecular weight excluding hydrogens is 290 g/mol. The summed E-state index contributed by atoms with van der Waals surface area (Å²) in [5.41, 5.74) is 0. The summed E-state index contributed by atoms with van der Waals surface area (Å²) >= 11 is 0. The topological polar surface area (TPSA) is 0 Å². The normalized spacial score (nSPS) is 6.75. The number of rotatable bonds is 3. The van der Waals surface area contributed by atoms with Crippen molar-refractivity contribution in [2.24, 2.45) is 0 Å². The van der Waals surface area contributed by atoms with Gasteiger partial charge in [-0.25, -0.2) is 0 Å². The molecule has 0 aliphatic heterocycles. The van der Waals surface area contributed by atoms with Crippen molar-refractivity contribution in [2.45, 2.75) is 55.4 Å². The molecule has 0 amide bonds. The van der Waals surface area contributed by atoms with Crippen molar-refractivity contribution in [3.8, 4) is 0 Å². The van der Waals surface area contributed by atoms with Crippen LogP contribution in [0.25, 0.3) is 0 Å². The summed E-state index contributed by atoms with van der Waals surface area (Å²) in [5.74, 6) is 1.01. The van der Waals surface area contributed by atoms with Crippen LogP contribution in [0.15, 0.2) is 0 Å². The van der Waals surface area contributed by atoms with E-state index in [0.29, 0.717) is 0 Å². The first-order valence-electron chi connectivity index (χ1n) is 4.69. The Bertz CT molecular complexity index is 52.7. The molecule has 0 aliphatic carbocycles. The molecule has 0 rings (SSSR count). The number of halogens is 3. The van der Waals surface area contributed by atoms with Crippen LogP contribution in [0.3, 0.4) is 0 Å². The minimum absolute atomic E-state index is 0. The van der Waals surface area contributed by atoms with E-state index in [-0.39, 0.29) is 67.6 Å². The summed E-state index contributed by atoms with van der Waals surface area (Å²) in [7, 11) is 0. The molecule has 0 saturated carbocycles. The smallest absolute Gasteiger partial charge is 0.0866 e. The van der Waals surface area contributed by atoms with E-state index in [0.717, 1.165) is 18.8 Å². The van der Waals surface area contributed by atoms with Crippen molar-refractivity contribution in [2.75, 3.05) is 20.0 Å². The van der Waals surface area contributed by atoms with Crippen LogP contribution < -0.4 is 0 Å². The van der Waals surface area contributed by atoms with Gasteiger partial charge in [-0.05, 0) is 20.5 Å². The van der Waals surface area contributed by atoms with Crippen LogP contribution >= 0.6 is 0 Å². The van der Waals surface area contributed by atoms with Crippen LogP contribution in [0.2, 0.25) is 0 Å². The third-order valence-corrected chi connectivity index (χ3v) is 1.19. The summed E-state index contributed by atoms with van der Waals surface area (Å²) in [6.07, 6.45) is 1.79. The molecule has 0 aliphatic rings. The minimum atomic E-state index is -0.250. The quantitative estimate of drug-likeness (QED) is 0.596. The molecule has 16 heavy (non-hydrogen) atoms. The first-order chi connectivity index (χ1) is 6.17. The Morgan fingerprint density at radius 1 is 0.750 bits per heavy atom. The summed E-state index contributed by atoms with van der Waals surface area (Å²) in [4.78, 5) is 0. The summed E-state index contributed by atoms with van der Waals surface area (Å²) in [6, 6.07) is 0. The molecule has 0 unspecified atom stereocenters. The van der Waals surface area contributed by atoms with Crippen molar-refractivity contribution in [1.29, 1.82) is 0 Å². The standard InChI is InChI=1S/C6H12F.2C2H5F.2CH4.Y/c1-3-6(4-2)5-7;2*1-2-3;;;/h3-5H2,1-2H3;2*2H2,1H3;2*1H4;/q-1;;;;;. The van der Waals surface area contributed by atoms with E-state index in [1.165, 1.54) is 13.8 Å². The number of hydrogen-bond donors (Lipinski definition) is 0. The maximum absolute atomic E-state index is 11.6. The fraction of sp³-hybridized carbons (Fsp3) is 0.917. The maximum atomic E-state index is 11.6. The Balaban J connectivity index is -0.0000000244. The Kier molecular flexibility index (Phi) is 100. The minimum Gasteiger partial charge on any atom is -0.286 e. The van der Waals surface area contributed by atoms with Crippen LogP contribution in [0.1, 0.15) is 55.4 Å². The average Bonchev–Trinajstić information content (AvgIpc) is 2.10. The molecule has 0 aromatic heterocycles. The van der Waals surface area contributed by atoms with Crippen molar-refractivity contribution >= 4 is 0 Å². The summed E-state index contributed by atoms with van der Waals surface area (Å²) < 4.78 is 32.2. The first kappa shape index (κ1) is 36.0. The Labute approximate surface area is 127 Å². The van der Waals surface area contributed by atoms with E-state index in [1.54, 1.807) is 0 Å². The van der Waals surface area contributed by atoms with Crippen LogP contribution in [0.4, 0.5) is 13.2 Å². The predicted octanol–water partition coefficient (Wildman–Crippen LogP) is 5.57. The van der Waals surface area contributed by atoms with Gasteiger partial charge in [-0.3, -0.25) is 19.1 Å². The zero-order chi connectivity index (χ0) is 11.1. The molecular formula is C12H30F3Y-. The van der Waals surface area contributed by atoms with Crippen molar-refractivity contribution in [3.63, 3.8) is 0 Å². The molecule has 0 nitrogen and oxygen atoms in total. The van der Waals surface area contributed by atoms with Crippen LogP contribution in [-0.4, -0.2) is 20.0 Å². The zero-order valence-corrected chi connectivity index (χ0v) is 12.6. The first-order valence-corrected chi connectivity index (χ1v) is 4.69. The van der Waals surface area contributed by atoms with E-state index in [1.807, 2.05) is 13.8 Å². The van der Waals surface area contributed by atoms with E-state index < -0.39 is 0 Å². The van der Waals surface area contributed by atoms with Crippen LogP contribution in [-0.2, 0) is 32.7 Å². The second-order valence-corrected chi connectivity index (χ2v) is 2.13. The van der Waals surface area contributed by atoms with Gasteiger partial charge in [0.15, 0.2) is 0 Å². The van der Waals surface area contributed by atoms with Gasteiger partial charge in [0.05, 0.1) is 13.3 Å². The van der Waals surface area contributed by atoms with Gasteiger partial charge in [-0.1, -0.05) is 28.7 Å². The largest absolute Gasteiger partial charge is 0.286 e. The molecule has 0 N–H and O–H groups in total. The molecule has 0 fully saturated rings. The summed E-state index contributed by atoms with van der Waals surface area (Å²) in [5, 5.41) is 0. The molecule has 4 heteroatoms. The van der Waals surface area contributed by atoms with Crippen molar-refractivity contribution in [3.05, 3.63) is 5.92 Å². The van der Waals surface area contributed by atoms with E-state index in [4.69, 9.17) is 0 Å². The van der Waals surface area contributed by atoms with E-state index in [2.05, 4.69) is 0 Å².